The number of rotatable bonds is 3. The molecule has 3 aromatic rings. The maximum Gasteiger partial charge on any atom is 0.163 e. The quantitative estimate of drug-likeness (QED) is 0.736. The number of aryl methyl sites for hydroxylation is 1. The standard InChI is InChI=1S/C13H15N5S/c1-9(11-5-4-6-19-11)17(2)12-10-7-16-18(3)13(10)15-8-14-12/h4-9H,1-3H3. The summed E-state index contributed by atoms with van der Waals surface area (Å²) in [7, 11) is 3.95. The molecule has 0 spiro atoms. The van der Waals surface area contributed by atoms with Crippen molar-refractivity contribution in [2.24, 2.45) is 7.05 Å². The van der Waals surface area contributed by atoms with E-state index in [1.165, 1.54) is 4.88 Å². The number of fused-ring (bicyclic) bond motifs is 1. The van der Waals surface area contributed by atoms with Crippen molar-refractivity contribution in [3.8, 4) is 0 Å². The van der Waals surface area contributed by atoms with E-state index in [0.29, 0.717) is 0 Å². The summed E-state index contributed by atoms with van der Waals surface area (Å²) in [5.41, 5.74) is 0.857. The molecule has 0 aromatic carbocycles. The van der Waals surface area contributed by atoms with Gasteiger partial charge in [-0.25, -0.2) is 9.97 Å². The molecule has 19 heavy (non-hydrogen) atoms. The molecule has 3 aromatic heterocycles. The van der Waals surface area contributed by atoms with Crippen molar-refractivity contribution in [1.29, 1.82) is 0 Å². The Morgan fingerprint density at radius 2 is 2.21 bits per heavy atom. The van der Waals surface area contributed by atoms with E-state index in [0.717, 1.165) is 16.9 Å². The van der Waals surface area contributed by atoms with Crippen LogP contribution in [0.4, 0.5) is 5.82 Å². The van der Waals surface area contributed by atoms with Crippen LogP contribution in [0.15, 0.2) is 30.0 Å². The van der Waals surface area contributed by atoms with Crippen LogP contribution in [-0.2, 0) is 7.05 Å². The molecule has 0 saturated carbocycles. The van der Waals surface area contributed by atoms with Crippen molar-refractivity contribution in [3.63, 3.8) is 0 Å². The van der Waals surface area contributed by atoms with Gasteiger partial charge in [0.25, 0.3) is 0 Å². The maximum absolute atomic E-state index is 4.42. The van der Waals surface area contributed by atoms with Crippen molar-refractivity contribution >= 4 is 28.2 Å². The van der Waals surface area contributed by atoms with Gasteiger partial charge in [-0.1, -0.05) is 6.07 Å². The van der Waals surface area contributed by atoms with Gasteiger partial charge in [0.1, 0.15) is 12.1 Å². The third-order valence-electron chi connectivity index (χ3n) is 3.38. The lowest BCUT2D eigenvalue weighted by Crippen LogP contribution is -2.22. The zero-order valence-electron chi connectivity index (χ0n) is 11.1. The van der Waals surface area contributed by atoms with Crippen LogP contribution in [-0.4, -0.2) is 26.8 Å². The lowest BCUT2D eigenvalue weighted by Gasteiger charge is -2.25. The van der Waals surface area contributed by atoms with Crippen molar-refractivity contribution in [2.75, 3.05) is 11.9 Å². The lowest BCUT2D eigenvalue weighted by atomic mass is 10.2. The molecule has 5 nitrogen and oxygen atoms in total. The van der Waals surface area contributed by atoms with E-state index in [2.05, 4.69) is 51.5 Å². The van der Waals surface area contributed by atoms with Crippen LogP contribution in [0.25, 0.3) is 11.0 Å². The SMILES string of the molecule is CC(c1cccs1)N(C)c1ncnc2c1cnn2C. The van der Waals surface area contributed by atoms with Gasteiger partial charge in [-0.3, -0.25) is 4.68 Å². The molecule has 3 rings (SSSR count). The first kappa shape index (κ1) is 12.1. The van der Waals surface area contributed by atoms with E-state index in [1.54, 1.807) is 22.3 Å². The van der Waals surface area contributed by atoms with Gasteiger partial charge >= 0.3 is 0 Å². The highest BCUT2D eigenvalue weighted by Gasteiger charge is 2.18. The molecule has 1 unspecified atom stereocenters. The molecule has 3 heterocycles. The van der Waals surface area contributed by atoms with Crippen molar-refractivity contribution in [1.82, 2.24) is 19.7 Å². The van der Waals surface area contributed by atoms with E-state index < -0.39 is 0 Å². The molecule has 0 radical (unpaired) electrons. The number of aromatic nitrogens is 4. The van der Waals surface area contributed by atoms with Gasteiger partial charge in [-0.05, 0) is 18.4 Å². The summed E-state index contributed by atoms with van der Waals surface area (Å²) in [6.07, 6.45) is 3.42. The summed E-state index contributed by atoms with van der Waals surface area (Å²) < 4.78 is 1.77. The van der Waals surface area contributed by atoms with Gasteiger partial charge in [0.2, 0.25) is 0 Å². The minimum atomic E-state index is 0.276. The van der Waals surface area contributed by atoms with Gasteiger partial charge < -0.3 is 4.90 Å². The molecule has 0 N–H and O–H groups in total. The molecular formula is C13H15N5S. The third-order valence-corrected chi connectivity index (χ3v) is 4.42. The van der Waals surface area contributed by atoms with Crippen LogP contribution in [0, 0.1) is 0 Å². The second-order valence-electron chi connectivity index (χ2n) is 4.51. The molecule has 0 aliphatic rings. The van der Waals surface area contributed by atoms with Crippen LogP contribution < -0.4 is 4.90 Å². The van der Waals surface area contributed by atoms with E-state index in [9.17, 15) is 0 Å². The largest absolute Gasteiger partial charge is 0.351 e. The Bertz CT molecular complexity index is 688. The summed E-state index contributed by atoms with van der Waals surface area (Å²) in [6.45, 7) is 2.18. The topological polar surface area (TPSA) is 46.8 Å². The Hall–Kier alpha value is -1.95. The Kier molecular flexibility index (Phi) is 2.94. The van der Waals surface area contributed by atoms with Crippen LogP contribution in [0.2, 0.25) is 0 Å². The lowest BCUT2D eigenvalue weighted by molar-refractivity contribution is 0.743. The first-order valence-electron chi connectivity index (χ1n) is 6.07. The van der Waals surface area contributed by atoms with Crippen LogP contribution >= 0.6 is 11.3 Å². The van der Waals surface area contributed by atoms with E-state index >= 15 is 0 Å². The fraction of sp³-hybridized carbons (Fsp3) is 0.308. The highest BCUT2D eigenvalue weighted by Crippen LogP contribution is 2.30. The fourth-order valence-electron chi connectivity index (χ4n) is 2.13. The van der Waals surface area contributed by atoms with Crippen LogP contribution in [0.5, 0.6) is 0 Å². The number of hydrogen-bond acceptors (Lipinski definition) is 5. The Labute approximate surface area is 115 Å². The minimum Gasteiger partial charge on any atom is -0.351 e. The fourth-order valence-corrected chi connectivity index (χ4v) is 2.96. The molecule has 98 valence electrons. The Morgan fingerprint density at radius 1 is 1.37 bits per heavy atom. The summed E-state index contributed by atoms with van der Waals surface area (Å²) in [6, 6.07) is 4.50. The van der Waals surface area contributed by atoms with Crippen LogP contribution in [0.3, 0.4) is 0 Å². The average Bonchev–Trinajstić information content (AvgIpc) is 3.07. The van der Waals surface area contributed by atoms with Crippen LogP contribution in [0.1, 0.15) is 17.8 Å². The molecule has 0 bridgehead atoms. The summed E-state index contributed by atoms with van der Waals surface area (Å²) in [5.74, 6) is 0.916. The van der Waals surface area contributed by atoms with E-state index in [1.807, 2.05) is 13.2 Å². The predicted octanol–water partition coefficient (Wildman–Crippen LogP) is 2.62. The molecular weight excluding hydrogens is 258 g/mol. The minimum absolute atomic E-state index is 0.276. The Balaban J connectivity index is 2.04. The van der Waals surface area contributed by atoms with Gasteiger partial charge in [0.05, 0.1) is 17.6 Å². The zero-order valence-corrected chi connectivity index (χ0v) is 11.9. The van der Waals surface area contributed by atoms with E-state index in [4.69, 9.17) is 0 Å². The number of nitrogens with zero attached hydrogens (tertiary/aromatic N) is 5. The molecule has 0 saturated heterocycles. The Morgan fingerprint density at radius 3 is 2.95 bits per heavy atom. The third kappa shape index (κ3) is 1.98. The van der Waals surface area contributed by atoms with Gasteiger partial charge in [0.15, 0.2) is 5.65 Å². The summed E-state index contributed by atoms with van der Waals surface area (Å²) in [5, 5.41) is 7.33. The first-order chi connectivity index (χ1) is 9.18. The number of anilines is 1. The van der Waals surface area contributed by atoms with Gasteiger partial charge in [-0.2, -0.15) is 5.10 Å². The van der Waals surface area contributed by atoms with Gasteiger partial charge in [0, 0.05) is 19.0 Å². The van der Waals surface area contributed by atoms with E-state index in [-0.39, 0.29) is 6.04 Å². The second kappa shape index (κ2) is 4.62. The summed E-state index contributed by atoms with van der Waals surface area (Å²) >= 11 is 1.76. The van der Waals surface area contributed by atoms with Crippen molar-refractivity contribution in [3.05, 3.63) is 34.9 Å². The zero-order chi connectivity index (χ0) is 13.4. The van der Waals surface area contributed by atoms with Crippen molar-refractivity contribution < 1.29 is 0 Å². The highest BCUT2D eigenvalue weighted by atomic mass is 32.1. The van der Waals surface area contributed by atoms with Crippen molar-refractivity contribution in [2.45, 2.75) is 13.0 Å². The molecule has 0 aliphatic heterocycles. The normalized spacial score (nSPS) is 12.8. The molecule has 0 amide bonds. The highest BCUT2D eigenvalue weighted by molar-refractivity contribution is 7.10. The molecule has 6 heteroatoms. The number of thiophene rings is 1. The smallest absolute Gasteiger partial charge is 0.163 e. The average molecular weight is 273 g/mol. The number of hydrogen-bond donors (Lipinski definition) is 0. The second-order valence-corrected chi connectivity index (χ2v) is 5.48. The maximum atomic E-state index is 4.42. The molecule has 1 atom stereocenters. The molecule has 0 aliphatic carbocycles. The van der Waals surface area contributed by atoms with Gasteiger partial charge in [-0.15, -0.1) is 11.3 Å². The molecule has 0 fully saturated rings. The summed E-state index contributed by atoms with van der Waals surface area (Å²) in [4.78, 5) is 12.2. The first-order valence-corrected chi connectivity index (χ1v) is 6.95. The predicted molar refractivity (Wildman–Crippen MR) is 77.4 cm³/mol. The monoisotopic (exact) mass is 273 g/mol.